The third-order valence-corrected chi connectivity index (χ3v) is 5.50. The number of nitrogens with zero attached hydrogens (tertiary/aromatic N) is 9. The minimum atomic E-state index is -4.72. The second kappa shape index (κ2) is 8.59. The highest BCUT2D eigenvalue weighted by Gasteiger charge is 2.34. The number of nitriles is 1. The monoisotopic (exact) mass is 512 g/mol. The Hall–Kier alpha value is -5.00. The molecule has 0 aliphatic carbocycles. The van der Waals surface area contributed by atoms with Crippen LogP contribution in [-0.4, -0.2) is 39.6 Å². The van der Waals surface area contributed by atoms with Gasteiger partial charge in [-0.1, -0.05) is 12.1 Å². The van der Waals surface area contributed by atoms with Gasteiger partial charge in [0.1, 0.15) is 23.1 Å². The number of halogens is 5. The molecule has 0 bridgehead atoms. The molecule has 0 unspecified atom stereocenters. The largest absolute Gasteiger partial charge is 0.451 e. The van der Waals surface area contributed by atoms with Gasteiger partial charge in [0.15, 0.2) is 17.5 Å². The summed E-state index contributed by atoms with van der Waals surface area (Å²) in [6, 6.07) is 6.49. The van der Waals surface area contributed by atoms with Crippen LogP contribution in [0.25, 0.3) is 22.6 Å². The van der Waals surface area contributed by atoms with E-state index in [1.807, 2.05) is 6.07 Å². The fourth-order valence-corrected chi connectivity index (χ4v) is 3.71. The van der Waals surface area contributed by atoms with Gasteiger partial charge in [-0.25, -0.2) is 32.9 Å². The zero-order valence-corrected chi connectivity index (χ0v) is 18.6. The SMILES string of the molecule is C[C@@H](c1cn(-c2ccc(F)cc2F)nn1)c1c(C#N)cc2c(N)nc(-c3cnc(C(F)(F)F)nc3)nn12. The van der Waals surface area contributed by atoms with Crippen molar-refractivity contribution in [1.82, 2.24) is 39.6 Å². The number of benzene rings is 1. The number of fused-ring (bicyclic) bond motifs is 1. The topological polar surface area (TPSA) is 136 Å². The van der Waals surface area contributed by atoms with E-state index in [2.05, 4.69) is 30.4 Å². The molecule has 2 N–H and O–H groups in total. The summed E-state index contributed by atoms with van der Waals surface area (Å²) < 4.78 is 68.4. The summed E-state index contributed by atoms with van der Waals surface area (Å²) in [4.78, 5) is 10.7. The van der Waals surface area contributed by atoms with Gasteiger partial charge in [0.25, 0.3) is 0 Å². The van der Waals surface area contributed by atoms with Crippen molar-refractivity contribution in [2.45, 2.75) is 19.0 Å². The van der Waals surface area contributed by atoms with Gasteiger partial charge in [-0.15, -0.1) is 10.2 Å². The lowest BCUT2D eigenvalue weighted by atomic mass is 10.0. The van der Waals surface area contributed by atoms with Crippen LogP contribution < -0.4 is 5.73 Å². The van der Waals surface area contributed by atoms with Crippen molar-refractivity contribution in [1.29, 1.82) is 5.26 Å². The molecule has 0 aliphatic heterocycles. The van der Waals surface area contributed by atoms with E-state index in [0.717, 1.165) is 23.1 Å². The summed E-state index contributed by atoms with van der Waals surface area (Å²) in [6.07, 6.45) is -1.48. The van der Waals surface area contributed by atoms with E-state index >= 15 is 0 Å². The highest BCUT2D eigenvalue weighted by atomic mass is 19.4. The van der Waals surface area contributed by atoms with Gasteiger partial charge in [-0.05, 0) is 18.2 Å². The minimum absolute atomic E-state index is 0.0379. The smallest absolute Gasteiger partial charge is 0.382 e. The Bertz CT molecular complexity index is 1680. The Labute approximate surface area is 203 Å². The van der Waals surface area contributed by atoms with E-state index in [-0.39, 0.29) is 34.0 Å². The maximum Gasteiger partial charge on any atom is 0.451 e. The second-order valence-corrected chi connectivity index (χ2v) is 7.87. The normalized spacial score (nSPS) is 12.6. The lowest BCUT2D eigenvalue weighted by Crippen LogP contribution is -2.12. The first-order valence-electron chi connectivity index (χ1n) is 10.4. The molecule has 0 spiro atoms. The number of nitrogens with two attached hydrogens (primary N) is 1. The summed E-state index contributed by atoms with van der Waals surface area (Å²) in [5.74, 6) is -3.69. The van der Waals surface area contributed by atoms with Gasteiger partial charge in [0, 0.05) is 24.4 Å². The van der Waals surface area contributed by atoms with Crippen molar-refractivity contribution in [2.24, 2.45) is 0 Å². The van der Waals surface area contributed by atoms with Crippen LogP contribution in [0, 0.1) is 23.0 Å². The molecule has 0 amide bonds. The van der Waals surface area contributed by atoms with Gasteiger partial charge in [-0.2, -0.15) is 18.4 Å². The maximum absolute atomic E-state index is 14.2. The standard InChI is InChI=1S/C22H13F5N10/c1-10(15-9-36(35-33-15)16-3-2-13(23)5-14(16)24)18-11(6-28)4-17-19(29)32-20(34-37(17)18)12-7-30-21(31-8-12)22(25,26)27/h2-5,7-10H,1H3,(H2,29,32,34)/t10-/m0/s1. The van der Waals surface area contributed by atoms with E-state index in [1.54, 1.807) is 6.92 Å². The molecule has 1 atom stereocenters. The van der Waals surface area contributed by atoms with Gasteiger partial charge in [0.05, 0.1) is 28.7 Å². The van der Waals surface area contributed by atoms with Crippen molar-refractivity contribution in [3.05, 3.63) is 77.3 Å². The van der Waals surface area contributed by atoms with Crippen LogP contribution in [0.5, 0.6) is 0 Å². The molecule has 0 saturated heterocycles. The summed E-state index contributed by atoms with van der Waals surface area (Å²) in [6.45, 7) is 1.69. The van der Waals surface area contributed by atoms with Crippen LogP contribution in [0.4, 0.5) is 27.8 Å². The number of alkyl halides is 3. The number of aromatic nitrogens is 8. The lowest BCUT2D eigenvalue weighted by molar-refractivity contribution is -0.144. The molecule has 37 heavy (non-hydrogen) atoms. The molecule has 15 heteroatoms. The molecule has 0 aliphatic rings. The van der Waals surface area contributed by atoms with Crippen LogP contribution in [0.2, 0.25) is 0 Å². The zero-order valence-electron chi connectivity index (χ0n) is 18.6. The molecular weight excluding hydrogens is 499 g/mol. The van der Waals surface area contributed by atoms with Crippen LogP contribution >= 0.6 is 0 Å². The number of nitrogen functional groups attached to an aromatic ring is 1. The molecule has 5 aromatic rings. The summed E-state index contributed by atoms with van der Waals surface area (Å²) in [5, 5.41) is 22.1. The Morgan fingerprint density at radius 1 is 1.11 bits per heavy atom. The van der Waals surface area contributed by atoms with Gasteiger partial charge >= 0.3 is 6.18 Å². The molecule has 0 radical (unpaired) electrons. The van der Waals surface area contributed by atoms with Crippen molar-refractivity contribution < 1.29 is 22.0 Å². The highest BCUT2D eigenvalue weighted by Crippen LogP contribution is 2.31. The number of hydrogen-bond acceptors (Lipinski definition) is 8. The number of hydrogen-bond donors (Lipinski definition) is 1. The van der Waals surface area contributed by atoms with Crippen molar-refractivity contribution in [3.63, 3.8) is 0 Å². The fraction of sp³-hybridized carbons (Fsp3) is 0.136. The number of anilines is 1. The summed E-state index contributed by atoms with van der Waals surface area (Å²) in [5.41, 5.74) is 7.18. The van der Waals surface area contributed by atoms with Crippen LogP contribution in [0.3, 0.4) is 0 Å². The molecule has 10 nitrogen and oxygen atoms in total. The molecule has 0 saturated carbocycles. The molecule has 4 aromatic heterocycles. The first-order valence-corrected chi connectivity index (χ1v) is 10.4. The predicted molar refractivity (Wildman–Crippen MR) is 117 cm³/mol. The van der Waals surface area contributed by atoms with E-state index in [0.29, 0.717) is 17.5 Å². The van der Waals surface area contributed by atoms with E-state index in [4.69, 9.17) is 5.73 Å². The maximum atomic E-state index is 14.2. The first-order chi connectivity index (χ1) is 17.6. The summed E-state index contributed by atoms with van der Waals surface area (Å²) >= 11 is 0. The third-order valence-electron chi connectivity index (χ3n) is 5.50. The number of rotatable bonds is 4. The van der Waals surface area contributed by atoms with Crippen molar-refractivity contribution >= 4 is 11.3 Å². The molecule has 4 heterocycles. The quantitative estimate of drug-likeness (QED) is 0.360. The van der Waals surface area contributed by atoms with Crippen LogP contribution in [0.1, 0.15) is 35.6 Å². The van der Waals surface area contributed by atoms with Gasteiger partial charge < -0.3 is 5.73 Å². The van der Waals surface area contributed by atoms with E-state index in [1.165, 1.54) is 22.8 Å². The molecule has 5 rings (SSSR count). The van der Waals surface area contributed by atoms with Crippen LogP contribution in [0.15, 0.2) is 42.9 Å². The van der Waals surface area contributed by atoms with Crippen molar-refractivity contribution in [2.75, 3.05) is 5.73 Å². The van der Waals surface area contributed by atoms with E-state index in [9.17, 15) is 27.2 Å². The average molecular weight is 512 g/mol. The fourth-order valence-electron chi connectivity index (χ4n) is 3.71. The van der Waals surface area contributed by atoms with E-state index < -0.39 is 29.6 Å². The Kier molecular flexibility index (Phi) is 5.51. The second-order valence-electron chi connectivity index (χ2n) is 7.87. The van der Waals surface area contributed by atoms with Crippen LogP contribution in [-0.2, 0) is 6.18 Å². The first kappa shape index (κ1) is 23.7. The predicted octanol–water partition coefficient (Wildman–Crippen LogP) is 3.67. The zero-order chi connectivity index (χ0) is 26.5. The van der Waals surface area contributed by atoms with Gasteiger partial charge in [0.2, 0.25) is 5.82 Å². The molecule has 186 valence electrons. The third kappa shape index (κ3) is 4.18. The average Bonchev–Trinajstić information content (AvgIpc) is 3.48. The molecule has 1 aromatic carbocycles. The highest BCUT2D eigenvalue weighted by molar-refractivity contribution is 5.72. The van der Waals surface area contributed by atoms with Gasteiger partial charge in [-0.3, -0.25) is 0 Å². The van der Waals surface area contributed by atoms with Crippen molar-refractivity contribution in [3.8, 4) is 23.1 Å². The Morgan fingerprint density at radius 3 is 2.49 bits per heavy atom. The Balaban J connectivity index is 1.59. The Morgan fingerprint density at radius 2 is 1.84 bits per heavy atom. The summed E-state index contributed by atoms with van der Waals surface area (Å²) in [7, 11) is 0. The molecule has 0 fully saturated rings. The minimum Gasteiger partial charge on any atom is -0.382 e. The molecular formula is C22H13F5N10. The lowest BCUT2D eigenvalue weighted by Gasteiger charge is -2.11.